The minimum atomic E-state index is -4.06. The van der Waals surface area contributed by atoms with Crippen molar-refractivity contribution >= 4 is 54.9 Å². The standard InChI is InChI=1S/C29H35ClN4O5S2/c1-17-21-14-19(30)6-8-25(21)40-28(17)41(37,38)34-11-10-31-27(36)23(34)15-26(35)33-22-9-12-39-24-13-18(5-7-20(22)24)16-32-29(2,3)4/h5-8,13-14,22-23,32H,9-12,15-16H2,1-4H3,(H,31,36)(H,33,35)/t22-,23-/m1/s1. The molecular weight excluding hydrogens is 584 g/mol. The number of ether oxygens (including phenoxy) is 1. The molecule has 2 aliphatic heterocycles. The van der Waals surface area contributed by atoms with E-state index in [1.165, 1.54) is 0 Å². The van der Waals surface area contributed by atoms with Gasteiger partial charge in [0.25, 0.3) is 10.0 Å². The van der Waals surface area contributed by atoms with Crippen LogP contribution in [0.4, 0.5) is 0 Å². The Kier molecular flexibility index (Phi) is 8.37. The number of nitrogens with one attached hydrogen (secondary N) is 3. The zero-order valence-electron chi connectivity index (χ0n) is 23.5. The van der Waals surface area contributed by atoms with Crippen LogP contribution in [0, 0.1) is 6.92 Å². The summed E-state index contributed by atoms with van der Waals surface area (Å²) in [5, 5.41) is 10.5. The van der Waals surface area contributed by atoms with Gasteiger partial charge in [0.05, 0.1) is 19.1 Å². The molecule has 0 saturated carbocycles. The molecule has 1 aromatic heterocycles. The van der Waals surface area contributed by atoms with Crippen molar-refractivity contribution < 1.29 is 22.7 Å². The molecule has 41 heavy (non-hydrogen) atoms. The first kappa shape index (κ1) is 29.8. The van der Waals surface area contributed by atoms with Crippen LogP contribution in [0.15, 0.2) is 40.6 Å². The van der Waals surface area contributed by atoms with Crippen molar-refractivity contribution in [3.05, 3.63) is 58.1 Å². The molecule has 2 aliphatic rings. The molecule has 0 aliphatic carbocycles. The zero-order chi connectivity index (χ0) is 29.5. The number of fused-ring (bicyclic) bond motifs is 2. The molecular formula is C29H35ClN4O5S2. The van der Waals surface area contributed by atoms with Gasteiger partial charge >= 0.3 is 0 Å². The molecule has 0 spiro atoms. The topological polar surface area (TPSA) is 117 Å². The molecule has 9 nitrogen and oxygen atoms in total. The molecule has 220 valence electrons. The van der Waals surface area contributed by atoms with Crippen LogP contribution in [0.1, 0.15) is 56.3 Å². The number of halogens is 1. The molecule has 2 amide bonds. The van der Waals surface area contributed by atoms with Crippen LogP contribution in [-0.2, 0) is 26.2 Å². The number of amides is 2. The Balaban J connectivity index is 1.33. The number of benzene rings is 2. The Morgan fingerprint density at radius 2 is 2.00 bits per heavy atom. The molecule has 12 heteroatoms. The summed E-state index contributed by atoms with van der Waals surface area (Å²) >= 11 is 7.29. The Hall–Kier alpha value is -2.70. The van der Waals surface area contributed by atoms with Gasteiger partial charge in [0.2, 0.25) is 11.8 Å². The minimum absolute atomic E-state index is 0.0244. The van der Waals surface area contributed by atoms with Crippen LogP contribution >= 0.6 is 22.9 Å². The second-order valence-corrected chi connectivity index (χ2v) is 15.1. The summed E-state index contributed by atoms with van der Waals surface area (Å²) in [6.45, 7) is 9.42. The number of thiophene rings is 1. The van der Waals surface area contributed by atoms with Gasteiger partial charge in [-0.2, -0.15) is 4.31 Å². The smallest absolute Gasteiger partial charge is 0.253 e. The molecule has 2 aromatic carbocycles. The average Bonchev–Trinajstić information content (AvgIpc) is 3.24. The summed E-state index contributed by atoms with van der Waals surface area (Å²) in [6.07, 6.45) is 0.280. The zero-order valence-corrected chi connectivity index (χ0v) is 25.9. The normalized spacial score (nSPS) is 19.9. The third-order valence-electron chi connectivity index (χ3n) is 7.33. The van der Waals surface area contributed by atoms with Crippen LogP contribution in [0.3, 0.4) is 0 Å². The summed E-state index contributed by atoms with van der Waals surface area (Å²) in [5.74, 6) is -0.168. The van der Waals surface area contributed by atoms with E-state index in [0.29, 0.717) is 30.2 Å². The summed E-state index contributed by atoms with van der Waals surface area (Å²) in [7, 11) is -4.06. The van der Waals surface area contributed by atoms with Crippen molar-refractivity contribution in [3.63, 3.8) is 0 Å². The van der Waals surface area contributed by atoms with E-state index in [1.54, 1.807) is 25.1 Å². The molecule has 5 rings (SSSR count). The van der Waals surface area contributed by atoms with Crippen molar-refractivity contribution in [1.82, 2.24) is 20.3 Å². The molecule has 3 heterocycles. The summed E-state index contributed by atoms with van der Waals surface area (Å²) in [4.78, 5) is 26.2. The lowest BCUT2D eigenvalue weighted by molar-refractivity contribution is -0.132. The highest BCUT2D eigenvalue weighted by atomic mass is 35.5. The Morgan fingerprint density at radius 1 is 1.22 bits per heavy atom. The Morgan fingerprint density at radius 3 is 2.76 bits per heavy atom. The largest absolute Gasteiger partial charge is 0.493 e. The number of rotatable bonds is 7. The SMILES string of the molecule is Cc1c(S(=O)(=O)N2CCNC(=O)[C@H]2CC(=O)N[C@@H]2CCOc3cc(CNC(C)(C)C)ccc32)sc2ccc(Cl)cc12. The minimum Gasteiger partial charge on any atom is -0.493 e. The lowest BCUT2D eigenvalue weighted by Crippen LogP contribution is -2.58. The maximum atomic E-state index is 13.9. The third kappa shape index (κ3) is 6.39. The number of hydrogen-bond donors (Lipinski definition) is 3. The maximum absolute atomic E-state index is 13.9. The fourth-order valence-corrected chi connectivity index (χ4v) is 8.81. The van der Waals surface area contributed by atoms with Crippen LogP contribution in [0.25, 0.3) is 10.1 Å². The number of sulfonamides is 1. The van der Waals surface area contributed by atoms with Gasteiger partial charge in [-0.05, 0) is 68.5 Å². The highest BCUT2D eigenvalue weighted by Crippen LogP contribution is 2.38. The fraction of sp³-hybridized carbons (Fsp3) is 0.448. The van der Waals surface area contributed by atoms with Crippen LogP contribution < -0.4 is 20.7 Å². The number of carbonyl (C=O) groups is 2. The molecule has 1 fully saturated rings. The lowest BCUT2D eigenvalue weighted by Gasteiger charge is -2.34. The molecule has 2 atom stereocenters. The van der Waals surface area contributed by atoms with Gasteiger partial charge in [0.1, 0.15) is 16.0 Å². The second-order valence-electron chi connectivity index (χ2n) is 11.5. The second kappa shape index (κ2) is 11.5. The van der Waals surface area contributed by atoms with E-state index >= 15 is 0 Å². The van der Waals surface area contributed by atoms with Gasteiger partial charge in [-0.3, -0.25) is 9.59 Å². The van der Waals surface area contributed by atoms with E-state index in [2.05, 4.69) is 36.7 Å². The predicted octanol–water partition coefficient (Wildman–Crippen LogP) is 4.27. The highest BCUT2D eigenvalue weighted by Gasteiger charge is 2.41. The van der Waals surface area contributed by atoms with Crippen molar-refractivity contribution in [1.29, 1.82) is 0 Å². The summed E-state index contributed by atoms with van der Waals surface area (Å²) in [5.41, 5.74) is 2.49. The number of carbonyl (C=O) groups excluding carboxylic acids is 2. The summed E-state index contributed by atoms with van der Waals surface area (Å²) in [6, 6.07) is 9.73. The number of aryl methyl sites for hydroxylation is 1. The van der Waals surface area contributed by atoms with E-state index in [-0.39, 0.29) is 35.3 Å². The predicted molar refractivity (Wildman–Crippen MR) is 161 cm³/mol. The van der Waals surface area contributed by atoms with Crippen molar-refractivity contribution in [2.45, 2.75) is 68.9 Å². The van der Waals surface area contributed by atoms with Gasteiger partial charge in [-0.15, -0.1) is 11.3 Å². The van der Waals surface area contributed by atoms with E-state index in [0.717, 1.165) is 42.6 Å². The van der Waals surface area contributed by atoms with Gasteiger partial charge in [-0.1, -0.05) is 23.7 Å². The average molecular weight is 619 g/mol. The van der Waals surface area contributed by atoms with E-state index in [4.69, 9.17) is 16.3 Å². The van der Waals surface area contributed by atoms with Gasteiger partial charge in [0, 0.05) is 46.9 Å². The summed E-state index contributed by atoms with van der Waals surface area (Å²) < 4.78 is 35.7. The third-order valence-corrected chi connectivity index (χ3v) is 11.3. The van der Waals surface area contributed by atoms with Crippen LogP contribution in [0.5, 0.6) is 5.75 Å². The first-order chi connectivity index (χ1) is 19.3. The van der Waals surface area contributed by atoms with Crippen LogP contribution in [0.2, 0.25) is 5.02 Å². The molecule has 3 N–H and O–H groups in total. The van der Waals surface area contributed by atoms with Gasteiger partial charge < -0.3 is 20.7 Å². The maximum Gasteiger partial charge on any atom is 0.253 e. The highest BCUT2D eigenvalue weighted by molar-refractivity contribution is 7.91. The first-order valence-electron chi connectivity index (χ1n) is 13.6. The van der Waals surface area contributed by atoms with Gasteiger partial charge in [0.15, 0.2) is 0 Å². The Labute approximate surface area is 249 Å². The van der Waals surface area contributed by atoms with E-state index in [1.807, 2.05) is 18.2 Å². The molecule has 0 unspecified atom stereocenters. The fourth-order valence-electron chi connectivity index (χ4n) is 5.19. The van der Waals surface area contributed by atoms with Crippen molar-refractivity contribution in [3.8, 4) is 5.75 Å². The van der Waals surface area contributed by atoms with Crippen molar-refractivity contribution in [2.24, 2.45) is 0 Å². The van der Waals surface area contributed by atoms with Gasteiger partial charge in [-0.25, -0.2) is 8.42 Å². The number of nitrogens with zero attached hydrogens (tertiary/aromatic N) is 1. The van der Waals surface area contributed by atoms with E-state index in [9.17, 15) is 18.0 Å². The van der Waals surface area contributed by atoms with Crippen molar-refractivity contribution in [2.75, 3.05) is 19.7 Å². The number of hydrogen-bond acceptors (Lipinski definition) is 7. The molecule has 3 aromatic rings. The first-order valence-corrected chi connectivity index (χ1v) is 16.3. The Bertz CT molecular complexity index is 1600. The number of piperazine rings is 1. The molecule has 1 saturated heterocycles. The molecule has 0 radical (unpaired) electrons. The van der Waals surface area contributed by atoms with E-state index < -0.39 is 27.9 Å². The lowest BCUT2D eigenvalue weighted by atomic mass is 9.98. The molecule has 0 bridgehead atoms. The van der Waals surface area contributed by atoms with Crippen LogP contribution in [-0.4, -0.2) is 55.8 Å². The quantitative estimate of drug-likeness (QED) is 0.364. The monoisotopic (exact) mass is 618 g/mol.